The van der Waals surface area contributed by atoms with Crippen LogP contribution in [0.1, 0.15) is 28.4 Å². The fourth-order valence-electron chi connectivity index (χ4n) is 4.02. The Hall–Kier alpha value is -3.09. The zero-order valence-electron chi connectivity index (χ0n) is 18.5. The van der Waals surface area contributed by atoms with Crippen molar-refractivity contribution in [3.05, 3.63) is 41.5 Å². The molecule has 184 valence electrons. The highest BCUT2D eigenvalue weighted by atomic mass is 16.7. The number of Topliss-reactive ketones (excluding diaryl/α,β-unsaturated/α-hetero) is 1. The second kappa shape index (κ2) is 9.65. The van der Waals surface area contributed by atoms with Crippen molar-refractivity contribution in [2.24, 2.45) is 0 Å². The lowest BCUT2D eigenvalue weighted by molar-refractivity contribution is -0.277. The molecule has 11 heteroatoms. The van der Waals surface area contributed by atoms with Gasteiger partial charge in [0.1, 0.15) is 53.3 Å². The fourth-order valence-corrected chi connectivity index (χ4v) is 4.02. The van der Waals surface area contributed by atoms with Crippen LogP contribution in [0.15, 0.2) is 30.3 Å². The number of carbonyl (C=O) groups is 1. The Morgan fingerprint density at radius 3 is 2.38 bits per heavy atom. The van der Waals surface area contributed by atoms with Gasteiger partial charge in [0.2, 0.25) is 6.29 Å². The zero-order valence-corrected chi connectivity index (χ0v) is 18.5. The Labute approximate surface area is 194 Å². The number of phenols is 1. The summed E-state index contributed by atoms with van der Waals surface area (Å²) in [5, 5.41) is 49.7. The van der Waals surface area contributed by atoms with Gasteiger partial charge in [-0.25, -0.2) is 0 Å². The van der Waals surface area contributed by atoms with Crippen LogP contribution in [-0.4, -0.2) is 82.8 Å². The van der Waals surface area contributed by atoms with E-state index in [1.165, 1.54) is 32.4 Å². The first-order valence-corrected chi connectivity index (χ1v) is 10.5. The number of carbonyl (C=O) groups excluding carboxylic acids is 1. The van der Waals surface area contributed by atoms with Crippen molar-refractivity contribution in [1.82, 2.24) is 0 Å². The zero-order chi connectivity index (χ0) is 24.6. The molecular weight excluding hydrogens is 452 g/mol. The Balaban J connectivity index is 1.63. The highest BCUT2D eigenvalue weighted by Gasteiger charge is 2.45. The Morgan fingerprint density at radius 1 is 1.00 bits per heavy atom. The molecule has 2 aliphatic rings. The molecule has 0 unspecified atom stereocenters. The van der Waals surface area contributed by atoms with Crippen LogP contribution < -0.4 is 18.9 Å². The van der Waals surface area contributed by atoms with Crippen LogP contribution in [0.4, 0.5) is 0 Å². The van der Waals surface area contributed by atoms with Gasteiger partial charge < -0.3 is 49.2 Å². The number of hydrogen-bond acceptors (Lipinski definition) is 11. The van der Waals surface area contributed by atoms with E-state index in [1.807, 2.05) is 0 Å². The lowest BCUT2D eigenvalue weighted by atomic mass is 9.95. The summed E-state index contributed by atoms with van der Waals surface area (Å²) >= 11 is 0. The predicted octanol–water partition coefficient (Wildman–Crippen LogP) is 0.295. The van der Waals surface area contributed by atoms with Crippen molar-refractivity contribution in [2.75, 3.05) is 20.8 Å². The topological polar surface area (TPSA) is 164 Å². The second-order valence-corrected chi connectivity index (χ2v) is 7.98. The van der Waals surface area contributed by atoms with Crippen molar-refractivity contribution in [1.29, 1.82) is 0 Å². The first kappa shape index (κ1) is 24.0. The van der Waals surface area contributed by atoms with Crippen molar-refractivity contribution in [3.8, 4) is 28.7 Å². The van der Waals surface area contributed by atoms with Crippen LogP contribution in [0.25, 0.3) is 0 Å². The number of phenolic OH excluding ortho intramolecular Hbond substituents is 1. The summed E-state index contributed by atoms with van der Waals surface area (Å²) in [6.07, 6.45) is -8.02. The number of aliphatic hydroxyl groups is 4. The number of fused-ring (bicyclic) bond motifs is 1. The molecule has 34 heavy (non-hydrogen) atoms. The molecule has 2 aromatic carbocycles. The molecule has 1 fully saturated rings. The normalized spacial score (nSPS) is 28.6. The van der Waals surface area contributed by atoms with Gasteiger partial charge in [0.25, 0.3) is 0 Å². The van der Waals surface area contributed by atoms with Gasteiger partial charge in [-0.05, 0) is 17.7 Å². The average molecular weight is 478 g/mol. The predicted molar refractivity (Wildman–Crippen MR) is 114 cm³/mol. The molecular formula is C23H26O11. The number of aromatic hydroxyl groups is 1. The van der Waals surface area contributed by atoms with Crippen molar-refractivity contribution < 1.29 is 54.0 Å². The molecule has 0 spiro atoms. The number of benzene rings is 2. The molecule has 11 nitrogen and oxygen atoms in total. The average Bonchev–Trinajstić information content (AvgIpc) is 2.83. The quantitative estimate of drug-likeness (QED) is 0.388. The Bertz CT molecular complexity index is 1050. The maximum absolute atomic E-state index is 12.9. The molecule has 2 heterocycles. The molecule has 0 amide bonds. The van der Waals surface area contributed by atoms with Crippen LogP contribution in [0, 0.1) is 0 Å². The lowest BCUT2D eigenvalue weighted by Crippen LogP contribution is -2.60. The van der Waals surface area contributed by atoms with Crippen LogP contribution in [0.2, 0.25) is 0 Å². The maximum Gasteiger partial charge on any atom is 0.229 e. The van der Waals surface area contributed by atoms with E-state index in [1.54, 1.807) is 12.1 Å². The number of aliphatic hydroxyl groups excluding tert-OH is 4. The van der Waals surface area contributed by atoms with Gasteiger partial charge in [0.05, 0.1) is 27.2 Å². The van der Waals surface area contributed by atoms with E-state index < -0.39 is 43.4 Å². The van der Waals surface area contributed by atoms with E-state index in [9.17, 15) is 30.3 Å². The smallest absolute Gasteiger partial charge is 0.229 e. The van der Waals surface area contributed by atoms with Crippen molar-refractivity contribution >= 4 is 5.78 Å². The summed E-state index contributed by atoms with van der Waals surface area (Å²) in [7, 11) is 2.79. The standard InChI is InChI=1S/C23H26O11/c1-30-14-4-3-10(5-12(14)25)15-8-13(26)19-16(31-2)6-11(7-17(19)33-15)32-23-22(29)21(28)20(27)18(9-24)34-23/h3-7,15,18,20-25,27-29H,8-9H2,1-2H3/t15-,18-,20-,21-,22-,23-/m1/s1. The largest absolute Gasteiger partial charge is 0.504 e. The second-order valence-electron chi connectivity index (χ2n) is 7.98. The lowest BCUT2D eigenvalue weighted by Gasteiger charge is -2.39. The van der Waals surface area contributed by atoms with E-state index in [0.29, 0.717) is 5.56 Å². The molecule has 2 aromatic rings. The molecule has 0 radical (unpaired) electrons. The maximum atomic E-state index is 12.9. The monoisotopic (exact) mass is 478 g/mol. The van der Waals surface area contributed by atoms with Gasteiger partial charge in [-0.1, -0.05) is 6.07 Å². The van der Waals surface area contributed by atoms with Gasteiger partial charge in [0, 0.05) is 12.1 Å². The molecule has 0 aliphatic carbocycles. The minimum Gasteiger partial charge on any atom is -0.504 e. The number of hydrogen-bond donors (Lipinski definition) is 5. The highest BCUT2D eigenvalue weighted by Crippen LogP contribution is 2.43. The molecule has 6 atom stereocenters. The molecule has 0 saturated carbocycles. The van der Waals surface area contributed by atoms with Gasteiger partial charge in [-0.3, -0.25) is 4.79 Å². The summed E-state index contributed by atoms with van der Waals surface area (Å²) in [6.45, 7) is -0.605. The highest BCUT2D eigenvalue weighted by molar-refractivity contribution is 6.02. The summed E-state index contributed by atoms with van der Waals surface area (Å²) in [6, 6.07) is 7.50. The van der Waals surface area contributed by atoms with E-state index in [0.717, 1.165) is 0 Å². The van der Waals surface area contributed by atoms with E-state index in [2.05, 4.69) is 0 Å². The Kier molecular flexibility index (Phi) is 6.82. The first-order valence-electron chi connectivity index (χ1n) is 10.5. The third kappa shape index (κ3) is 4.36. The van der Waals surface area contributed by atoms with Gasteiger partial charge in [-0.2, -0.15) is 0 Å². The van der Waals surface area contributed by atoms with Crippen molar-refractivity contribution in [2.45, 2.75) is 43.2 Å². The SMILES string of the molecule is COc1ccc([C@H]2CC(=O)c3c(OC)cc(O[C@@H]4O[C@H](CO)[C@@H](O)[C@@H](O)[C@H]4O)cc3O2)cc1O. The number of rotatable bonds is 6. The minimum atomic E-state index is -1.61. The molecule has 5 N–H and O–H groups in total. The summed E-state index contributed by atoms with van der Waals surface area (Å²) in [5.41, 5.74) is 0.758. The molecule has 2 aliphatic heterocycles. The number of methoxy groups -OCH3 is 2. The van der Waals surface area contributed by atoms with E-state index >= 15 is 0 Å². The van der Waals surface area contributed by atoms with Gasteiger partial charge >= 0.3 is 0 Å². The number of ether oxygens (including phenoxy) is 5. The number of ketones is 1. The first-order chi connectivity index (χ1) is 16.3. The summed E-state index contributed by atoms with van der Waals surface area (Å²) in [4.78, 5) is 12.9. The van der Waals surface area contributed by atoms with Crippen molar-refractivity contribution in [3.63, 3.8) is 0 Å². The van der Waals surface area contributed by atoms with Crippen LogP contribution in [0.3, 0.4) is 0 Å². The third-order valence-corrected chi connectivity index (χ3v) is 5.85. The Morgan fingerprint density at radius 2 is 1.74 bits per heavy atom. The third-order valence-electron chi connectivity index (χ3n) is 5.85. The van der Waals surface area contributed by atoms with Crippen LogP contribution >= 0.6 is 0 Å². The summed E-state index contributed by atoms with van der Waals surface area (Å²) in [5.74, 6) is 0.333. The van der Waals surface area contributed by atoms with E-state index in [-0.39, 0.29) is 46.5 Å². The molecule has 0 aromatic heterocycles. The molecule has 0 bridgehead atoms. The summed E-state index contributed by atoms with van der Waals surface area (Å²) < 4.78 is 27.5. The molecule has 4 rings (SSSR count). The molecule has 1 saturated heterocycles. The van der Waals surface area contributed by atoms with E-state index in [4.69, 9.17) is 23.7 Å². The minimum absolute atomic E-state index is 0.00203. The van der Waals surface area contributed by atoms with Crippen LogP contribution in [0.5, 0.6) is 28.7 Å². The van der Waals surface area contributed by atoms with Gasteiger partial charge in [-0.15, -0.1) is 0 Å². The fraction of sp³-hybridized carbons (Fsp3) is 0.435. The van der Waals surface area contributed by atoms with Crippen LogP contribution in [-0.2, 0) is 4.74 Å². The van der Waals surface area contributed by atoms with Gasteiger partial charge in [0.15, 0.2) is 17.3 Å².